The van der Waals surface area contributed by atoms with Crippen LogP contribution in [0.4, 0.5) is 18.9 Å². The zero-order valence-electron chi connectivity index (χ0n) is 15.9. The molecule has 3 rings (SSSR count). The van der Waals surface area contributed by atoms with Crippen LogP contribution in [0.5, 0.6) is 0 Å². The van der Waals surface area contributed by atoms with Gasteiger partial charge in [-0.1, -0.05) is 24.3 Å². The Bertz CT molecular complexity index is 1180. The molecule has 0 aliphatic heterocycles. The molecule has 0 aliphatic rings. The van der Waals surface area contributed by atoms with Crippen molar-refractivity contribution in [3.8, 4) is 11.3 Å². The number of carbonyl (C=O) groups is 1. The Morgan fingerprint density at radius 3 is 2.37 bits per heavy atom. The van der Waals surface area contributed by atoms with Crippen molar-refractivity contribution in [1.29, 1.82) is 0 Å². The Kier molecular flexibility index (Phi) is 5.73. The van der Waals surface area contributed by atoms with Crippen LogP contribution in [0.3, 0.4) is 0 Å². The molecule has 0 spiro atoms. The number of carbonyl (C=O) groups excluding carboxylic acids is 1. The summed E-state index contributed by atoms with van der Waals surface area (Å²) in [6.07, 6.45) is -4.51. The average molecular weight is 438 g/mol. The summed E-state index contributed by atoms with van der Waals surface area (Å²) in [5, 5.41) is 2.47. The maximum absolute atomic E-state index is 12.9. The second-order valence-corrected chi connectivity index (χ2v) is 8.60. The summed E-state index contributed by atoms with van der Waals surface area (Å²) in [5.41, 5.74) is -0.641. The molecule has 3 aromatic rings. The summed E-state index contributed by atoms with van der Waals surface area (Å²) in [6.45, 7) is 0. The molecular weight excluding hydrogens is 421 g/mol. The predicted molar refractivity (Wildman–Crippen MR) is 104 cm³/mol. The zero-order chi connectivity index (χ0) is 22.1. The van der Waals surface area contributed by atoms with Crippen LogP contribution in [0.25, 0.3) is 11.3 Å². The van der Waals surface area contributed by atoms with Crippen LogP contribution in [0.1, 0.15) is 16.1 Å². The van der Waals surface area contributed by atoms with E-state index in [-0.39, 0.29) is 27.7 Å². The monoisotopic (exact) mass is 438 g/mol. The first kappa shape index (κ1) is 21.6. The van der Waals surface area contributed by atoms with Crippen molar-refractivity contribution in [2.75, 3.05) is 19.4 Å². The highest BCUT2D eigenvalue weighted by Gasteiger charge is 2.30. The van der Waals surface area contributed by atoms with Gasteiger partial charge in [-0.15, -0.1) is 0 Å². The number of alkyl halides is 3. The standard InChI is InChI=1S/C20H17F3N2O4S/c1-25(2)30(27,28)18-9-4-3-8-15(18)24-19(26)17-11-10-16(29-17)13-6-5-7-14(12-13)20(21,22)23/h3-12H,1-2H3,(H,24,26). The van der Waals surface area contributed by atoms with Crippen molar-refractivity contribution in [3.05, 3.63) is 72.0 Å². The summed E-state index contributed by atoms with van der Waals surface area (Å²) in [7, 11) is -1.08. The molecular formula is C20H17F3N2O4S. The Labute approximate surface area is 171 Å². The summed E-state index contributed by atoms with van der Waals surface area (Å²) in [5.74, 6) is -0.852. The number of hydrogen-bond acceptors (Lipinski definition) is 4. The van der Waals surface area contributed by atoms with Crippen molar-refractivity contribution in [2.24, 2.45) is 0 Å². The van der Waals surface area contributed by atoms with E-state index in [1.165, 1.54) is 56.6 Å². The number of amides is 1. The van der Waals surface area contributed by atoms with Gasteiger partial charge in [0.1, 0.15) is 10.7 Å². The van der Waals surface area contributed by atoms with Crippen molar-refractivity contribution >= 4 is 21.6 Å². The first-order valence-electron chi connectivity index (χ1n) is 8.60. The van der Waals surface area contributed by atoms with Gasteiger partial charge in [-0.05, 0) is 36.4 Å². The Balaban J connectivity index is 1.88. The summed E-state index contributed by atoms with van der Waals surface area (Å²) in [4.78, 5) is 12.4. The van der Waals surface area contributed by atoms with Gasteiger partial charge < -0.3 is 9.73 Å². The highest BCUT2D eigenvalue weighted by atomic mass is 32.2. The number of para-hydroxylation sites is 1. The Morgan fingerprint density at radius 2 is 1.70 bits per heavy atom. The minimum Gasteiger partial charge on any atom is -0.451 e. The molecule has 1 amide bonds. The molecule has 0 radical (unpaired) electrons. The molecule has 1 N–H and O–H groups in total. The second kappa shape index (κ2) is 7.96. The third-order valence-corrected chi connectivity index (χ3v) is 6.07. The third kappa shape index (κ3) is 4.39. The summed E-state index contributed by atoms with van der Waals surface area (Å²) < 4.78 is 70.0. The SMILES string of the molecule is CN(C)S(=O)(=O)c1ccccc1NC(=O)c1ccc(-c2cccc(C(F)(F)F)c2)o1. The highest BCUT2D eigenvalue weighted by Crippen LogP contribution is 2.33. The van der Waals surface area contributed by atoms with Crippen molar-refractivity contribution in [2.45, 2.75) is 11.1 Å². The number of hydrogen-bond donors (Lipinski definition) is 1. The smallest absolute Gasteiger partial charge is 0.416 e. The van der Waals surface area contributed by atoms with E-state index < -0.39 is 27.7 Å². The molecule has 158 valence electrons. The first-order valence-corrected chi connectivity index (χ1v) is 10.0. The van der Waals surface area contributed by atoms with Crippen LogP contribution in [-0.4, -0.2) is 32.7 Å². The Morgan fingerprint density at radius 1 is 1.00 bits per heavy atom. The maximum atomic E-state index is 12.9. The molecule has 0 fully saturated rings. The lowest BCUT2D eigenvalue weighted by Crippen LogP contribution is -2.24. The lowest BCUT2D eigenvalue weighted by Gasteiger charge is -2.15. The van der Waals surface area contributed by atoms with Crippen molar-refractivity contribution < 1.29 is 30.8 Å². The van der Waals surface area contributed by atoms with Gasteiger partial charge >= 0.3 is 6.18 Å². The maximum Gasteiger partial charge on any atom is 0.416 e. The lowest BCUT2D eigenvalue weighted by molar-refractivity contribution is -0.137. The number of anilines is 1. The van der Waals surface area contributed by atoms with Gasteiger partial charge in [0.15, 0.2) is 5.76 Å². The first-order chi connectivity index (χ1) is 14.0. The topological polar surface area (TPSA) is 79.6 Å². The Hall–Kier alpha value is -3.11. The number of rotatable bonds is 5. The number of benzene rings is 2. The van der Waals surface area contributed by atoms with Gasteiger partial charge in [0.2, 0.25) is 10.0 Å². The minimum atomic E-state index is -4.51. The zero-order valence-corrected chi connectivity index (χ0v) is 16.7. The van der Waals surface area contributed by atoms with Crippen molar-refractivity contribution in [1.82, 2.24) is 4.31 Å². The van der Waals surface area contributed by atoms with Crippen LogP contribution in [0, 0.1) is 0 Å². The van der Waals surface area contributed by atoms with Crippen LogP contribution in [0.2, 0.25) is 0 Å². The van der Waals surface area contributed by atoms with E-state index in [0.717, 1.165) is 16.4 Å². The summed E-state index contributed by atoms with van der Waals surface area (Å²) in [6, 6.07) is 13.0. The summed E-state index contributed by atoms with van der Waals surface area (Å²) >= 11 is 0. The van der Waals surface area contributed by atoms with E-state index in [4.69, 9.17) is 4.42 Å². The van der Waals surface area contributed by atoms with Crippen LogP contribution < -0.4 is 5.32 Å². The molecule has 0 saturated heterocycles. The van der Waals surface area contributed by atoms with Crippen molar-refractivity contribution in [3.63, 3.8) is 0 Å². The minimum absolute atomic E-state index is 0.0493. The van der Waals surface area contributed by atoms with Crippen LogP contribution in [0.15, 0.2) is 70.0 Å². The number of halogens is 3. The molecule has 6 nitrogen and oxygen atoms in total. The molecule has 10 heteroatoms. The van der Waals surface area contributed by atoms with Gasteiger partial charge in [0.25, 0.3) is 5.91 Å². The number of furan rings is 1. The van der Waals surface area contributed by atoms with E-state index in [2.05, 4.69) is 5.32 Å². The van der Waals surface area contributed by atoms with Gasteiger partial charge in [0, 0.05) is 19.7 Å². The number of nitrogens with zero attached hydrogens (tertiary/aromatic N) is 1. The molecule has 1 aromatic heterocycles. The van der Waals surface area contributed by atoms with E-state index >= 15 is 0 Å². The average Bonchev–Trinajstić information content (AvgIpc) is 3.18. The molecule has 0 saturated carbocycles. The molecule has 1 heterocycles. The van der Waals surface area contributed by atoms with E-state index in [0.29, 0.717) is 0 Å². The van der Waals surface area contributed by atoms with E-state index in [1.807, 2.05) is 0 Å². The lowest BCUT2D eigenvalue weighted by atomic mass is 10.1. The van der Waals surface area contributed by atoms with Gasteiger partial charge in [-0.2, -0.15) is 13.2 Å². The number of sulfonamides is 1. The number of nitrogens with one attached hydrogen (secondary N) is 1. The predicted octanol–water partition coefficient (Wildman–Crippen LogP) is 4.47. The molecule has 0 unspecified atom stereocenters. The third-order valence-electron chi connectivity index (χ3n) is 4.20. The van der Waals surface area contributed by atoms with Gasteiger partial charge in [-0.3, -0.25) is 4.79 Å². The van der Waals surface area contributed by atoms with Crippen LogP contribution >= 0.6 is 0 Å². The molecule has 0 atom stereocenters. The largest absolute Gasteiger partial charge is 0.451 e. The second-order valence-electron chi connectivity index (χ2n) is 6.48. The van der Waals surface area contributed by atoms with E-state index in [1.54, 1.807) is 6.07 Å². The normalized spacial score (nSPS) is 12.2. The van der Waals surface area contributed by atoms with Gasteiger partial charge in [0.05, 0.1) is 11.3 Å². The van der Waals surface area contributed by atoms with Crippen LogP contribution in [-0.2, 0) is 16.2 Å². The molecule has 30 heavy (non-hydrogen) atoms. The molecule has 2 aromatic carbocycles. The quantitative estimate of drug-likeness (QED) is 0.638. The fourth-order valence-corrected chi connectivity index (χ4v) is 3.68. The molecule has 0 bridgehead atoms. The van der Waals surface area contributed by atoms with E-state index in [9.17, 15) is 26.4 Å². The fourth-order valence-electron chi connectivity index (χ4n) is 2.64. The fraction of sp³-hybridized carbons (Fsp3) is 0.150. The molecule has 0 aliphatic carbocycles. The van der Waals surface area contributed by atoms with Gasteiger partial charge in [-0.25, -0.2) is 12.7 Å². The highest BCUT2D eigenvalue weighted by molar-refractivity contribution is 7.89.